The highest BCUT2D eigenvalue weighted by Gasteiger charge is 2.38. The molecule has 4 aromatic rings. The molecule has 6 aliphatic rings. The van der Waals surface area contributed by atoms with Gasteiger partial charge in [0.15, 0.2) is 0 Å². The number of hydrogen-bond donors (Lipinski definition) is 0. The maximum Gasteiger partial charge on any atom is 0.119 e. The van der Waals surface area contributed by atoms with Gasteiger partial charge in [0.2, 0.25) is 0 Å². The Morgan fingerprint density at radius 2 is 0.867 bits per heavy atom. The molecule has 0 radical (unpaired) electrons. The molecule has 0 bridgehead atoms. The monoisotopic (exact) mass is 1030 g/mol. The Kier molecular flexibility index (Phi) is 15.0. The van der Waals surface area contributed by atoms with Crippen molar-refractivity contribution in [2.24, 2.45) is 0 Å². The Bertz CT molecular complexity index is 1840. The van der Waals surface area contributed by atoms with E-state index in [-0.39, 0.29) is 0 Å². The predicted molar refractivity (Wildman–Crippen MR) is 263 cm³/mol. The van der Waals surface area contributed by atoms with Crippen LogP contribution in [-0.4, -0.2) is 98.3 Å². The van der Waals surface area contributed by atoms with Gasteiger partial charge in [0.25, 0.3) is 0 Å². The highest BCUT2D eigenvalue weighted by Crippen LogP contribution is 2.47. The van der Waals surface area contributed by atoms with E-state index in [2.05, 4.69) is 150 Å². The van der Waals surface area contributed by atoms with Gasteiger partial charge in [-0.25, -0.2) is 0 Å². The first-order valence-corrected chi connectivity index (χ1v) is 25.7. The predicted octanol–water partition coefficient (Wildman–Crippen LogP) is 11.7. The van der Waals surface area contributed by atoms with Crippen LogP contribution in [0.2, 0.25) is 0 Å². The van der Waals surface area contributed by atoms with Gasteiger partial charge in [-0.1, -0.05) is 49.2 Å². The average molecular weight is 1030 g/mol. The number of hydrogen-bond acceptors (Lipinski definition) is 6. The van der Waals surface area contributed by atoms with Gasteiger partial charge in [0.1, 0.15) is 11.5 Å². The molecule has 4 aromatic carbocycles. The number of rotatable bonds is 12. The van der Waals surface area contributed by atoms with Gasteiger partial charge >= 0.3 is 0 Å². The first-order valence-electron chi connectivity index (χ1n) is 23.5. The van der Waals surface area contributed by atoms with E-state index in [9.17, 15) is 0 Å². The minimum Gasteiger partial charge on any atom is -0.494 e. The maximum atomic E-state index is 6.22. The van der Waals surface area contributed by atoms with Gasteiger partial charge < -0.3 is 19.3 Å². The van der Waals surface area contributed by atoms with Gasteiger partial charge in [-0.2, -0.15) is 0 Å². The van der Waals surface area contributed by atoms with Crippen molar-refractivity contribution in [1.29, 1.82) is 0 Å². The van der Waals surface area contributed by atoms with Crippen LogP contribution in [0.15, 0.2) is 84.9 Å². The van der Waals surface area contributed by atoms with Crippen LogP contribution in [0, 0.1) is 7.14 Å². The number of benzene rings is 4. The third-order valence-electron chi connectivity index (χ3n) is 14.4. The first kappa shape index (κ1) is 43.1. The van der Waals surface area contributed by atoms with Crippen molar-refractivity contribution in [3.05, 3.63) is 125 Å². The Morgan fingerprint density at radius 3 is 1.28 bits per heavy atom. The summed E-state index contributed by atoms with van der Waals surface area (Å²) in [6, 6.07) is 33.2. The summed E-state index contributed by atoms with van der Waals surface area (Å²) in [6.07, 6.45) is 15.7. The van der Waals surface area contributed by atoms with E-state index in [1.165, 1.54) is 157 Å². The molecule has 4 atom stereocenters. The van der Waals surface area contributed by atoms with Crippen LogP contribution in [0.25, 0.3) is 0 Å². The average Bonchev–Trinajstić information content (AvgIpc) is 3.98. The third-order valence-corrected chi connectivity index (χ3v) is 15.8. The molecular weight excluding hydrogens is 966 g/mol. The molecule has 0 aliphatic carbocycles. The Labute approximate surface area is 388 Å². The molecule has 0 unspecified atom stereocenters. The lowest BCUT2D eigenvalue weighted by atomic mass is 9.81. The lowest BCUT2D eigenvalue weighted by Crippen LogP contribution is -2.34. The van der Waals surface area contributed by atoms with E-state index in [0.29, 0.717) is 23.9 Å². The summed E-state index contributed by atoms with van der Waals surface area (Å²) in [6.45, 7) is 13.8. The topological polar surface area (TPSA) is 31.4 Å². The molecule has 0 aromatic heterocycles. The molecule has 6 nitrogen and oxygen atoms in total. The van der Waals surface area contributed by atoms with E-state index < -0.39 is 0 Å². The van der Waals surface area contributed by atoms with E-state index in [1.54, 1.807) is 0 Å². The molecule has 10 rings (SSSR count). The summed E-state index contributed by atoms with van der Waals surface area (Å²) in [4.78, 5) is 10.6. The number of ether oxygens (including phenoxy) is 2. The maximum absolute atomic E-state index is 6.22. The van der Waals surface area contributed by atoms with Crippen LogP contribution < -0.4 is 9.47 Å². The van der Waals surface area contributed by atoms with Gasteiger partial charge in [-0.3, -0.25) is 9.80 Å². The lowest BCUT2D eigenvalue weighted by Gasteiger charge is -2.37. The van der Waals surface area contributed by atoms with Crippen LogP contribution in [0.5, 0.6) is 11.5 Å². The van der Waals surface area contributed by atoms with Crippen molar-refractivity contribution in [3.8, 4) is 11.5 Å². The molecular formula is C52H66I2N4O2. The summed E-state index contributed by atoms with van der Waals surface area (Å²) in [5.41, 5.74) is 8.93. The molecule has 320 valence electrons. The van der Waals surface area contributed by atoms with Crippen molar-refractivity contribution >= 4 is 45.2 Å². The molecule has 6 heterocycles. The summed E-state index contributed by atoms with van der Waals surface area (Å²) in [7, 11) is 0. The second-order valence-corrected chi connectivity index (χ2v) is 20.8. The van der Waals surface area contributed by atoms with Gasteiger partial charge in [-0.05, 0) is 231 Å². The van der Waals surface area contributed by atoms with Crippen LogP contribution in [0.3, 0.4) is 0 Å². The second kappa shape index (κ2) is 21.0. The SMILES string of the molecule is Ic1ccc([C@@H]2CN3CCC[C@H]3c3cc(OCCCN4CCCCC4)ccc32)cc1.Ic1ccc([C@H]2CN3CCC[C@H]3c3cc(OCCCN4CCCCC4)ccc32)cc1. The molecule has 0 N–H and O–H groups in total. The van der Waals surface area contributed by atoms with Crippen molar-refractivity contribution < 1.29 is 9.47 Å². The van der Waals surface area contributed by atoms with E-state index in [1.807, 2.05) is 0 Å². The van der Waals surface area contributed by atoms with Crippen LogP contribution in [0.4, 0.5) is 0 Å². The van der Waals surface area contributed by atoms with E-state index in [0.717, 1.165) is 50.6 Å². The van der Waals surface area contributed by atoms with Crippen LogP contribution in [0.1, 0.15) is 134 Å². The normalized spacial score (nSPS) is 24.4. The van der Waals surface area contributed by atoms with E-state index in [4.69, 9.17) is 9.47 Å². The van der Waals surface area contributed by atoms with Crippen LogP contribution >= 0.6 is 45.2 Å². The number of likely N-dealkylation sites (tertiary alicyclic amines) is 2. The minimum absolute atomic E-state index is 0.472. The van der Waals surface area contributed by atoms with Crippen molar-refractivity contribution in [2.75, 3.05) is 78.7 Å². The quantitative estimate of drug-likeness (QED) is 0.104. The van der Waals surface area contributed by atoms with Gasteiger partial charge in [0, 0.05) is 57.2 Å². The minimum atomic E-state index is 0.472. The highest BCUT2D eigenvalue weighted by molar-refractivity contribution is 14.1. The molecule has 0 amide bonds. The Hall–Kier alpha value is -2.22. The summed E-state index contributed by atoms with van der Waals surface area (Å²) in [5, 5.41) is 0. The number of fused-ring (bicyclic) bond motifs is 6. The standard InChI is InChI=1S/2C26H33IN2O/c2*27-21-9-7-20(8-10-21)25-19-29-16-4-6-26(29)24-18-22(11-12-23(24)25)30-17-5-15-28-13-2-1-3-14-28/h2*7-12,18,25-26H,1-6,13-17,19H2/t25-,26+;25-,26-/m10/s1. The summed E-state index contributed by atoms with van der Waals surface area (Å²) in [5.74, 6) is 3.06. The smallest absolute Gasteiger partial charge is 0.119 e. The second-order valence-electron chi connectivity index (χ2n) is 18.3. The molecule has 4 saturated heterocycles. The highest BCUT2D eigenvalue weighted by atomic mass is 127. The molecule has 8 heteroatoms. The van der Waals surface area contributed by atoms with Crippen molar-refractivity contribution in [2.45, 2.75) is 101 Å². The summed E-state index contributed by atoms with van der Waals surface area (Å²) >= 11 is 4.79. The zero-order valence-electron chi connectivity index (χ0n) is 35.7. The van der Waals surface area contributed by atoms with Gasteiger partial charge in [-0.15, -0.1) is 0 Å². The number of piperidine rings is 2. The van der Waals surface area contributed by atoms with Crippen molar-refractivity contribution in [3.63, 3.8) is 0 Å². The zero-order valence-corrected chi connectivity index (χ0v) is 40.0. The summed E-state index contributed by atoms with van der Waals surface area (Å²) < 4.78 is 15.1. The Morgan fingerprint density at radius 1 is 0.450 bits per heavy atom. The fourth-order valence-corrected chi connectivity index (χ4v) is 12.0. The van der Waals surface area contributed by atoms with Crippen LogP contribution in [-0.2, 0) is 0 Å². The fraction of sp³-hybridized carbons (Fsp3) is 0.538. The first-order chi connectivity index (χ1) is 29.6. The Balaban J connectivity index is 0.000000154. The molecule has 60 heavy (non-hydrogen) atoms. The van der Waals surface area contributed by atoms with E-state index >= 15 is 0 Å². The zero-order chi connectivity index (χ0) is 40.7. The molecule has 4 fully saturated rings. The van der Waals surface area contributed by atoms with Gasteiger partial charge in [0.05, 0.1) is 13.2 Å². The fourth-order valence-electron chi connectivity index (χ4n) is 11.2. The largest absolute Gasteiger partial charge is 0.494 e. The molecule has 6 aliphatic heterocycles. The van der Waals surface area contributed by atoms with Crippen molar-refractivity contribution in [1.82, 2.24) is 19.6 Å². The molecule has 0 saturated carbocycles. The number of nitrogens with zero attached hydrogens (tertiary/aromatic N) is 4. The lowest BCUT2D eigenvalue weighted by molar-refractivity contribution is 0.204. The number of halogens is 2. The third kappa shape index (κ3) is 10.6. The molecule has 0 spiro atoms.